The maximum atomic E-state index is 9.54. The number of hydrogen-bond donors (Lipinski definition) is 2. The minimum atomic E-state index is -0.0571. The Labute approximate surface area is 112 Å². The summed E-state index contributed by atoms with van der Waals surface area (Å²) < 4.78 is 0. The van der Waals surface area contributed by atoms with Gasteiger partial charge in [-0.15, -0.1) is 0 Å². The van der Waals surface area contributed by atoms with Gasteiger partial charge in [0.1, 0.15) is 0 Å². The Morgan fingerprint density at radius 1 is 1.28 bits per heavy atom. The van der Waals surface area contributed by atoms with Crippen molar-refractivity contribution in [3.05, 3.63) is 0 Å². The lowest BCUT2D eigenvalue weighted by Crippen LogP contribution is -2.47. The molecule has 0 saturated heterocycles. The van der Waals surface area contributed by atoms with Crippen molar-refractivity contribution in [3.8, 4) is 0 Å². The van der Waals surface area contributed by atoms with Gasteiger partial charge in [0.2, 0.25) is 0 Å². The van der Waals surface area contributed by atoms with Crippen molar-refractivity contribution in [2.24, 2.45) is 5.92 Å². The lowest BCUT2D eigenvalue weighted by molar-refractivity contribution is 0.151. The zero-order valence-corrected chi connectivity index (χ0v) is 12.1. The molecular weight excluding hydrogens is 224 g/mol. The van der Waals surface area contributed by atoms with Crippen molar-refractivity contribution in [2.75, 3.05) is 26.7 Å². The van der Waals surface area contributed by atoms with Crippen LogP contribution < -0.4 is 5.32 Å². The minimum Gasteiger partial charge on any atom is -0.394 e. The summed E-state index contributed by atoms with van der Waals surface area (Å²) in [5.41, 5.74) is -0.0571. The molecule has 18 heavy (non-hydrogen) atoms. The highest BCUT2D eigenvalue weighted by molar-refractivity contribution is 4.92. The van der Waals surface area contributed by atoms with Crippen LogP contribution in [0.2, 0.25) is 0 Å². The molecule has 0 aromatic heterocycles. The normalized spacial score (nSPS) is 24.0. The summed E-state index contributed by atoms with van der Waals surface area (Å²) in [7, 11) is 2.24. The van der Waals surface area contributed by atoms with Crippen LogP contribution in [0.1, 0.15) is 51.9 Å². The van der Waals surface area contributed by atoms with Crippen LogP contribution in [0.3, 0.4) is 0 Å². The highest BCUT2D eigenvalue weighted by Gasteiger charge is 2.31. The van der Waals surface area contributed by atoms with Gasteiger partial charge in [0, 0.05) is 18.1 Å². The molecule has 0 aromatic rings. The second kappa shape index (κ2) is 6.36. The summed E-state index contributed by atoms with van der Waals surface area (Å²) in [5.74, 6) is 0.962. The molecule has 3 nitrogen and oxygen atoms in total. The third kappa shape index (κ3) is 4.52. The molecule has 3 heteroatoms. The molecule has 0 aliphatic heterocycles. The van der Waals surface area contributed by atoms with Gasteiger partial charge in [-0.3, -0.25) is 0 Å². The molecule has 1 unspecified atom stereocenters. The average molecular weight is 254 g/mol. The van der Waals surface area contributed by atoms with Gasteiger partial charge < -0.3 is 15.3 Å². The van der Waals surface area contributed by atoms with E-state index in [1.54, 1.807) is 0 Å². The van der Waals surface area contributed by atoms with E-state index in [9.17, 15) is 5.11 Å². The zero-order chi connectivity index (χ0) is 13.0. The molecule has 0 amide bonds. The lowest BCUT2D eigenvalue weighted by Gasteiger charge is -2.32. The zero-order valence-electron chi connectivity index (χ0n) is 12.1. The van der Waals surface area contributed by atoms with Crippen molar-refractivity contribution < 1.29 is 5.11 Å². The summed E-state index contributed by atoms with van der Waals surface area (Å²) in [6.07, 6.45) is 9.14. The fraction of sp³-hybridized carbons (Fsp3) is 1.00. The van der Waals surface area contributed by atoms with E-state index in [-0.39, 0.29) is 12.1 Å². The molecule has 0 radical (unpaired) electrons. The van der Waals surface area contributed by atoms with Crippen LogP contribution in [0.25, 0.3) is 0 Å². The Morgan fingerprint density at radius 2 is 2.00 bits per heavy atom. The summed E-state index contributed by atoms with van der Waals surface area (Å²) in [5, 5.41) is 13.1. The van der Waals surface area contributed by atoms with Gasteiger partial charge in [0.15, 0.2) is 0 Å². The average Bonchev–Trinajstić information content (AvgIpc) is 3.07. The first kappa shape index (κ1) is 14.3. The Kier molecular flexibility index (Phi) is 5.05. The first-order valence-electron chi connectivity index (χ1n) is 7.68. The summed E-state index contributed by atoms with van der Waals surface area (Å²) in [6, 6.07) is 0.676. The lowest BCUT2D eigenvalue weighted by atomic mass is 9.85. The summed E-state index contributed by atoms with van der Waals surface area (Å²) in [6.45, 7) is 4.86. The number of aliphatic hydroxyl groups is 1. The molecule has 0 spiro atoms. The van der Waals surface area contributed by atoms with Crippen LogP contribution >= 0.6 is 0 Å². The summed E-state index contributed by atoms with van der Waals surface area (Å²) >= 11 is 0. The second-order valence-corrected chi connectivity index (χ2v) is 6.80. The van der Waals surface area contributed by atoms with Gasteiger partial charge >= 0.3 is 0 Å². The molecule has 106 valence electrons. The quantitative estimate of drug-likeness (QED) is 0.660. The maximum absolute atomic E-state index is 9.54. The topological polar surface area (TPSA) is 35.5 Å². The number of rotatable bonds is 9. The van der Waals surface area contributed by atoms with E-state index in [2.05, 4.69) is 24.2 Å². The smallest absolute Gasteiger partial charge is 0.0610 e. The van der Waals surface area contributed by atoms with Crippen molar-refractivity contribution in [2.45, 2.75) is 63.5 Å². The van der Waals surface area contributed by atoms with Crippen molar-refractivity contribution in [1.82, 2.24) is 10.2 Å². The molecule has 2 rings (SSSR count). The monoisotopic (exact) mass is 254 g/mol. The molecular formula is C15H30N2O. The second-order valence-electron chi connectivity index (χ2n) is 6.80. The van der Waals surface area contributed by atoms with Gasteiger partial charge in [-0.05, 0) is 65.0 Å². The fourth-order valence-corrected chi connectivity index (χ4v) is 2.86. The van der Waals surface area contributed by atoms with Gasteiger partial charge in [0.05, 0.1) is 6.61 Å². The molecule has 0 heterocycles. The highest BCUT2D eigenvalue weighted by Crippen LogP contribution is 2.27. The Hall–Kier alpha value is -0.120. The fourth-order valence-electron chi connectivity index (χ4n) is 2.86. The molecule has 2 fully saturated rings. The molecule has 1 atom stereocenters. The minimum absolute atomic E-state index is 0.0571. The van der Waals surface area contributed by atoms with Crippen LogP contribution in [-0.2, 0) is 0 Å². The Bertz CT molecular complexity index is 251. The third-order valence-electron chi connectivity index (χ3n) is 4.54. The Morgan fingerprint density at radius 3 is 2.50 bits per heavy atom. The first-order valence-corrected chi connectivity index (χ1v) is 7.68. The SMILES string of the molecule is CN(CCCC(C)(CO)NC1CC1)CC1CCC1. The van der Waals surface area contributed by atoms with Crippen LogP contribution in [-0.4, -0.2) is 48.3 Å². The predicted molar refractivity (Wildman–Crippen MR) is 75.7 cm³/mol. The first-order chi connectivity index (χ1) is 8.61. The Balaban J connectivity index is 1.59. The van der Waals surface area contributed by atoms with E-state index in [0.29, 0.717) is 6.04 Å². The molecule has 2 aliphatic rings. The van der Waals surface area contributed by atoms with Crippen LogP contribution in [0.15, 0.2) is 0 Å². The van der Waals surface area contributed by atoms with E-state index < -0.39 is 0 Å². The van der Waals surface area contributed by atoms with E-state index in [4.69, 9.17) is 0 Å². The highest BCUT2D eigenvalue weighted by atomic mass is 16.3. The molecule has 0 bridgehead atoms. The van der Waals surface area contributed by atoms with Gasteiger partial charge in [-0.1, -0.05) is 6.42 Å². The van der Waals surface area contributed by atoms with Gasteiger partial charge in [0.25, 0.3) is 0 Å². The van der Waals surface area contributed by atoms with E-state index in [1.807, 2.05) is 0 Å². The van der Waals surface area contributed by atoms with E-state index >= 15 is 0 Å². The van der Waals surface area contributed by atoms with E-state index in [1.165, 1.54) is 51.6 Å². The molecule has 2 saturated carbocycles. The van der Waals surface area contributed by atoms with Gasteiger partial charge in [-0.25, -0.2) is 0 Å². The largest absolute Gasteiger partial charge is 0.394 e. The van der Waals surface area contributed by atoms with Crippen molar-refractivity contribution in [3.63, 3.8) is 0 Å². The number of nitrogens with zero attached hydrogens (tertiary/aromatic N) is 1. The van der Waals surface area contributed by atoms with Crippen LogP contribution in [0.4, 0.5) is 0 Å². The number of hydrogen-bond acceptors (Lipinski definition) is 3. The summed E-state index contributed by atoms with van der Waals surface area (Å²) in [4.78, 5) is 2.47. The van der Waals surface area contributed by atoms with Crippen molar-refractivity contribution in [1.29, 1.82) is 0 Å². The van der Waals surface area contributed by atoms with E-state index in [0.717, 1.165) is 12.3 Å². The molecule has 0 aromatic carbocycles. The predicted octanol–water partition coefficient (Wildman–Crippen LogP) is 2.00. The standard InChI is InChI=1S/C15H30N2O/c1-15(12-18,16-14-7-8-14)9-4-10-17(2)11-13-5-3-6-13/h13-14,16,18H,3-12H2,1-2H3. The third-order valence-corrected chi connectivity index (χ3v) is 4.54. The van der Waals surface area contributed by atoms with Crippen LogP contribution in [0, 0.1) is 5.92 Å². The van der Waals surface area contributed by atoms with Gasteiger partial charge in [-0.2, -0.15) is 0 Å². The maximum Gasteiger partial charge on any atom is 0.0610 e. The molecule has 2 aliphatic carbocycles. The molecule has 2 N–H and O–H groups in total. The van der Waals surface area contributed by atoms with Crippen molar-refractivity contribution >= 4 is 0 Å². The number of nitrogens with one attached hydrogen (secondary N) is 1. The number of aliphatic hydroxyl groups excluding tert-OH is 1. The van der Waals surface area contributed by atoms with Crippen LogP contribution in [0.5, 0.6) is 0 Å².